The van der Waals surface area contributed by atoms with E-state index in [1.54, 1.807) is 0 Å². The molecule has 1 aliphatic carbocycles. The molecular weight excluding hydrogens is 447 g/mol. The molecule has 2 heterocycles. The first kappa shape index (κ1) is 21.7. The molecule has 0 radical (unpaired) electrons. The Bertz CT molecular complexity index is 1350. The maximum absolute atomic E-state index is 4.06. The summed E-state index contributed by atoms with van der Waals surface area (Å²) in [6.07, 6.45) is 17.4. The largest absolute Gasteiger partial charge is 0.336 e. The minimum Gasteiger partial charge on any atom is -0.336 e. The molecule has 1 aliphatic rings. The second-order valence-electron chi connectivity index (χ2n) is 8.41. The summed E-state index contributed by atoms with van der Waals surface area (Å²) in [5.74, 6) is 0. The van der Waals surface area contributed by atoms with Crippen molar-refractivity contribution in [3.8, 4) is 0 Å². The van der Waals surface area contributed by atoms with Crippen LogP contribution < -0.4 is 0 Å². The van der Waals surface area contributed by atoms with Gasteiger partial charge in [0.15, 0.2) is 0 Å². The lowest BCUT2D eigenvalue weighted by atomic mass is 9.96. The highest BCUT2D eigenvalue weighted by molar-refractivity contribution is 7.34. The maximum atomic E-state index is 4.06. The van der Waals surface area contributed by atoms with E-state index in [-0.39, 0.29) is 0 Å². The van der Waals surface area contributed by atoms with Gasteiger partial charge in [-0.2, -0.15) is 0 Å². The van der Waals surface area contributed by atoms with E-state index in [4.69, 9.17) is 0 Å². The number of nitrogens with zero attached hydrogens (tertiary/aromatic N) is 1. The second kappa shape index (κ2) is 9.78. The molecule has 32 heavy (non-hydrogen) atoms. The standard InChI is InChI=1S/C28H29NS3/c1-3-5-16-25-23(4-2)30-26-19-18-22-27(28(26)32-25)31-24-17-12-11-15-21(24)29(22)20-13-9-7-6-8-10-14-20/h3-5,11-12,15-20H,1-2,6-10,13-14H2/b16-5-. The Balaban J connectivity index is 1.83. The predicted molar refractivity (Wildman–Crippen MR) is 149 cm³/mol. The van der Waals surface area contributed by atoms with E-state index in [0.717, 1.165) is 0 Å². The lowest BCUT2D eigenvalue weighted by Crippen LogP contribution is -2.13. The summed E-state index contributed by atoms with van der Waals surface area (Å²) in [6.45, 7) is 7.91. The Morgan fingerprint density at radius 3 is 2.31 bits per heavy atom. The van der Waals surface area contributed by atoms with Gasteiger partial charge < -0.3 is 4.57 Å². The number of hydrogen-bond donors (Lipinski definition) is 0. The van der Waals surface area contributed by atoms with Crippen LogP contribution in [0.4, 0.5) is 0 Å². The van der Waals surface area contributed by atoms with Crippen LogP contribution in [0.2, 0.25) is 0 Å². The van der Waals surface area contributed by atoms with Crippen LogP contribution in [0.3, 0.4) is 0 Å². The molecule has 0 amide bonds. The summed E-state index contributed by atoms with van der Waals surface area (Å²) in [5, 5.41) is 0. The molecule has 5 rings (SSSR count). The Kier molecular flexibility index (Phi) is 6.63. The third kappa shape index (κ3) is 4.12. The Morgan fingerprint density at radius 2 is 1.53 bits per heavy atom. The number of aromatic nitrogens is 1. The van der Waals surface area contributed by atoms with Crippen molar-refractivity contribution in [2.24, 2.45) is 0 Å². The fourth-order valence-corrected chi connectivity index (χ4v) is 8.47. The third-order valence-electron chi connectivity index (χ3n) is 6.34. The molecule has 0 unspecified atom stereocenters. The monoisotopic (exact) mass is 475 g/mol. The van der Waals surface area contributed by atoms with Crippen LogP contribution in [-0.2, 0) is 0 Å². The Hall–Kier alpha value is -2.14. The van der Waals surface area contributed by atoms with Crippen LogP contribution in [0.25, 0.3) is 42.0 Å². The van der Waals surface area contributed by atoms with Crippen LogP contribution in [0.5, 0.6) is 0 Å². The summed E-state index contributed by atoms with van der Waals surface area (Å²) in [4.78, 5) is 2.47. The molecule has 0 aliphatic heterocycles. The quantitative estimate of drug-likeness (QED) is 0.157. The highest BCUT2D eigenvalue weighted by Crippen LogP contribution is 2.42. The zero-order valence-electron chi connectivity index (χ0n) is 18.4. The van der Waals surface area contributed by atoms with Crippen molar-refractivity contribution in [1.82, 2.24) is 4.57 Å². The summed E-state index contributed by atoms with van der Waals surface area (Å²) >= 11 is 5.66. The molecule has 2 aromatic carbocycles. The van der Waals surface area contributed by atoms with Crippen molar-refractivity contribution in [1.29, 1.82) is 0 Å². The molecule has 4 aromatic rings. The predicted octanol–water partition coefficient (Wildman–Crippen LogP) is 10.4. The molecule has 0 saturated heterocycles. The maximum Gasteiger partial charge on any atom is 0.0701 e. The number of fused-ring (bicyclic) bond motifs is 4. The Morgan fingerprint density at radius 1 is 0.750 bits per heavy atom. The molecule has 2 aromatic heterocycles. The van der Waals surface area contributed by atoms with E-state index in [0.29, 0.717) is 6.04 Å². The van der Waals surface area contributed by atoms with Gasteiger partial charge in [0, 0.05) is 20.5 Å². The molecule has 1 fully saturated rings. The van der Waals surface area contributed by atoms with Gasteiger partial charge in [0.05, 0.1) is 25.1 Å². The number of rotatable bonds is 4. The number of hydrogen-bond acceptors (Lipinski definition) is 3. The number of benzene rings is 2. The van der Waals surface area contributed by atoms with Gasteiger partial charge in [0.25, 0.3) is 0 Å². The number of para-hydroxylation sites is 1. The van der Waals surface area contributed by atoms with Crippen molar-refractivity contribution in [3.05, 3.63) is 71.5 Å². The van der Waals surface area contributed by atoms with E-state index < -0.39 is 0 Å². The van der Waals surface area contributed by atoms with E-state index in [1.165, 1.54) is 84.5 Å². The van der Waals surface area contributed by atoms with E-state index in [2.05, 4.69) is 60.2 Å². The highest BCUT2D eigenvalue weighted by atomic mass is 32.1. The van der Waals surface area contributed by atoms with Crippen LogP contribution in [0.1, 0.15) is 60.7 Å². The Labute approximate surface area is 202 Å². The van der Waals surface area contributed by atoms with Crippen LogP contribution in [0.15, 0.2) is 61.7 Å². The fourth-order valence-electron chi connectivity index (χ4n) is 4.81. The SMILES string of the molecule is C=C/C=C\c1sc2c(ccc3c2sc2ccccc2n3C2CCCCCCC2)sc1C=C. The summed E-state index contributed by atoms with van der Waals surface area (Å²) in [6, 6.07) is 14.3. The van der Waals surface area contributed by atoms with Crippen LogP contribution >= 0.6 is 34.0 Å². The molecular formula is C28H29NS3. The minimum atomic E-state index is 0.579. The molecule has 164 valence electrons. The average molecular weight is 476 g/mol. The van der Waals surface area contributed by atoms with Crippen LogP contribution in [0, 0.1) is 0 Å². The van der Waals surface area contributed by atoms with Crippen molar-refractivity contribution in [3.63, 3.8) is 0 Å². The zero-order chi connectivity index (χ0) is 21.9. The van der Waals surface area contributed by atoms with Gasteiger partial charge in [0.2, 0.25) is 0 Å². The summed E-state index contributed by atoms with van der Waals surface area (Å²) < 4.78 is 8.20. The summed E-state index contributed by atoms with van der Waals surface area (Å²) in [7, 11) is 0. The third-order valence-corrected chi connectivity index (χ3v) is 10.3. The van der Waals surface area contributed by atoms with Gasteiger partial charge in [-0.1, -0.05) is 75.6 Å². The lowest BCUT2D eigenvalue weighted by Gasteiger charge is -2.27. The molecule has 0 N–H and O–H groups in total. The topological polar surface area (TPSA) is 4.93 Å². The van der Waals surface area contributed by atoms with Crippen molar-refractivity contribution in [2.75, 3.05) is 0 Å². The van der Waals surface area contributed by atoms with E-state index in [9.17, 15) is 0 Å². The molecule has 1 nitrogen and oxygen atoms in total. The van der Waals surface area contributed by atoms with Crippen LogP contribution in [-0.4, -0.2) is 4.57 Å². The van der Waals surface area contributed by atoms with Gasteiger partial charge in [-0.3, -0.25) is 0 Å². The minimum absolute atomic E-state index is 0.579. The average Bonchev–Trinajstić information content (AvgIpc) is 2.81. The van der Waals surface area contributed by atoms with Crippen molar-refractivity contribution in [2.45, 2.75) is 51.0 Å². The first-order valence-corrected chi connectivity index (χ1v) is 14.0. The van der Waals surface area contributed by atoms with E-state index in [1.807, 2.05) is 52.2 Å². The van der Waals surface area contributed by atoms with Gasteiger partial charge in [-0.05, 0) is 43.2 Å². The smallest absolute Gasteiger partial charge is 0.0701 e. The van der Waals surface area contributed by atoms with Gasteiger partial charge in [-0.15, -0.1) is 34.0 Å². The zero-order valence-corrected chi connectivity index (χ0v) is 20.8. The number of allylic oxidation sites excluding steroid dienone is 2. The molecule has 0 bridgehead atoms. The van der Waals surface area contributed by atoms with Gasteiger partial charge in [-0.25, -0.2) is 0 Å². The van der Waals surface area contributed by atoms with E-state index >= 15 is 0 Å². The first-order chi connectivity index (χ1) is 15.8. The van der Waals surface area contributed by atoms with Gasteiger partial charge in [0.1, 0.15) is 0 Å². The van der Waals surface area contributed by atoms with Gasteiger partial charge >= 0.3 is 0 Å². The molecule has 1 saturated carbocycles. The molecule has 0 atom stereocenters. The normalized spacial score (nSPS) is 15.9. The molecule has 0 spiro atoms. The second-order valence-corrected chi connectivity index (χ2v) is 11.6. The highest BCUT2D eigenvalue weighted by Gasteiger charge is 2.19. The van der Waals surface area contributed by atoms with Crippen molar-refractivity contribution >= 4 is 76.0 Å². The first-order valence-electron chi connectivity index (χ1n) is 11.5. The lowest BCUT2D eigenvalue weighted by molar-refractivity contribution is 0.385. The fraction of sp³-hybridized carbons (Fsp3) is 0.286. The molecule has 4 heteroatoms. The van der Waals surface area contributed by atoms with Crippen molar-refractivity contribution < 1.29 is 0 Å². The summed E-state index contributed by atoms with van der Waals surface area (Å²) in [5.41, 5.74) is 2.78.